The topological polar surface area (TPSA) is 76.1 Å². The zero-order chi connectivity index (χ0) is 12.7. The van der Waals surface area contributed by atoms with Crippen LogP contribution in [0.5, 0.6) is 0 Å². The predicted octanol–water partition coefficient (Wildman–Crippen LogP) is 2.43. The summed E-state index contributed by atoms with van der Waals surface area (Å²) in [5.74, 6) is -0.334. The third-order valence-electron chi connectivity index (χ3n) is 2.39. The quantitative estimate of drug-likeness (QED) is 0.480. The number of unbranched alkanes of at least 4 members (excludes halogenated alkanes) is 2. The molecule has 4 heteroatoms. The molecule has 0 aliphatic carbocycles. The van der Waals surface area contributed by atoms with Gasteiger partial charge in [0.2, 0.25) is 0 Å². The second kappa shape index (κ2) is 6.54. The summed E-state index contributed by atoms with van der Waals surface area (Å²) in [5, 5.41) is 8.35. The van der Waals surface area contributed by atoms with Crippen molar-refractivity contribution in [3.63, 3.8) is 0 Å². The summed E-state index contributed by atoms with van der Waals surface area (Å²) in [6, 6.07) is 7.14. The zero-order valence-corrected chi connectivity index (χ0v) is 9.90. The number of nitrogens with zero attached hydrogens (tertiary/aromatic N) is 1. The van der Waals surface area contributed by atoms with E-state index in [1.165, 1.54) is 0 Å². The molecular weight excluding hydrogens is 216 g/mol. The predicted molar refractivity (Wildman–Crippen MR) is 65.3 cm³/mol. The Kier molecular flexibility index (Phi) is 5.02. The maximum absolute atomic E-state index is 11.7. The summed E-state index contributed by atoms with van der Waals surface area (Å²) in [5.41, 5.74) is 7.59. The van der Waals surface area contributed by atoms with E-state index >= 15 is 0 Å². The van der Waals surface area contributed by atoms with Gasteiger partial charge < -0.3 is 10.5 Å². The van der Waals surface area contributed by atoms with Gasteiger partial charge >= 0.3 is 5.97 Å². The first-order valence-electron chi connectivity index (χ1n) is 5.55. The summed E-state index contributed by atoms with van der Waals surface area (Å²) in [4.78, 5) is 11.7. The lowest BCUT2D eigenvalue weighted by atomic mass is 10.1. The van der Waals surface area contributed by atoms with Crippen LogP contribution in [-0.2, 0) is 4.74 Å². The molecule has 0 amide bonds. The van der Waals surface area contributed by atoms with E-state index in [4.69, 9.17) is 15.7 Å². The molecule has 0 radical (unpaired) electrons. The first-order chi connectivity index (χ1) is 8.15. The lowest BCUT2D eigenvalue weighted by Gasteiger charge is -2.07. The molecule has 0 unspecified atom stereocenters. The third kappa shape index (κ3) is 4.15. The highest BCUT2D eigenvalue weighted by Crippen LogP contribution is 2.13. The Labute approximate surface area is 101 Å². The van der Waals surface area contributed by atoms with E-state index in [9.17, 15) is 4.79 Å². The number of anilines is 1. The minimum absolute atomic E-state index is 0.334. The molecule has 90 valence electrons. The van der Waals surface area contributed by atoms with Gasteiger partial charge in [-0.2, -0.15) is 5.26 Å². The molecule has 0 aromatic heterocycles. The third-order valence-corrected chi connectivity index (χ3v) is 2.39. The fourth-order valence-electron chi connectivity index (χ4n) is 1.46. The monoisotopic (exact) mass is 232 g/mol. The minimum atomic E-state index is -0.334. The molecule has 0 spiro atoms. The molecule has 0 heterocycles. The van der Waals surface area contributed by atoms with Crippen LogP contribution in [0.3, 0.4) is 0 Å². The molecule has 4 nitrogen and oxygen atoms in total. The van der Waals surface area contributed by atoms with Crippen LogP contribution in [0.15, 0.2) is 18.2 Å². The number of ether oxygens (including phenoxy) is 1. The number of benzene rings is 1. The number of carbonyl (C=O) groups excluding carboxylic acids is 1. The SMILES string of the molecule is Cc1cc(N)ccc1C(=O)OCCCCC#N. The van der Waals surface area contributed by atoms with E-state index < -0.39 is 0 Å². The standard InChI is InChI=1S/C13H16N2O2/c1-10-9-11(15)5-6-12(10)13(16)17-8-4-2-3-7-14/h5-6,9H,2-4,8,15H2,1H3. The Morgan fingerprint density at radius 1 is 1.47 bits per heavy atom. The lowest BCUT2D eigenvalue weighted by Crippen LogP contribution is -2.08. The smallest absolute Gasteiger partial charge is 0.338 e. The Morgan fingerprint density at radius 2 is 2.24 bits per heavy atom. The fourth-order valence-corrected chi connectivity index (χ4v) is 1.46. The number of hydrogen-bond donors (Lipinski definition) is 1. The van der Waals surface area contributed by atoms with Gasteiger partial charge in [-0.3, -0.25) is 0 Å². The summed E-state index contributed by atoms with van der Waals surface area (Å²) in [6.07, 6.45) is 1.97. The molecule has 0 atom stereocenters. The second-order valence-corrected chi connectivity index (χ2v) is 3.83. The molecule has 0 aliphatic rings. The number of carbonyl (C=O) groups is 1. The van der Waals surface area contributed by atoms with Crippen LogP contribution in [0.1, 0.15) is 35.2 Å². The van der Waals surface area contributed by atoms with E-state index in [2.05, 4.69) is 0 Å². The lowest BCUT2D eigenvalue weighted by molar-refractivity contribution is 0.0498. The molecule has 0 aliphatic heterocycles. The zero-order valence-electron chi connectivity index (χ0n) is 9.90. The maximum Gasteiger partial charge on any atom is 0.338 e. The summed E-state index contributed by atoms with van der Waals surface area (Å²) < 4.78 is 5.11. The van der Waals surface area contributed by atoms with Crippen molar-refractivity contribution in [3.8, 4) is 6.07 Å². The van der Waals surface area contributed by atoms with Crippen LogP contribution in [-0.4, -0.2) is 12.6 Å². The largest absolute Gasteiger partial charge is 0.462 e. The number of hydrogen-bond acceptors (Lipinski definition) is 4. The van der Waals surface area contributed by atoms with Gasteiger partial charge in [0.1, 0.15) is 0 Å². The van der Waals surface area contributed by atoms with Gasteiger partial charge in [-0.25, -0.2) is 4.79 Å². The fraction of sp³-hybridized carbons (Fsp3) is 0.385. The van der Waals surface area contributed by atoms with E-state index in [0.29, 0.717) is 30.7 Å². The highest BCUT2D eigenvalue weighted by Gasteiger charge is 2.09. The second-order valence-electron chi connectivity index (χ2n) is 3.83. The number of nitriles is 1. The van der Waals surface area contributed by atoms with Crippen LogP contribution in [0.4, 0.5) is 5.69 Å². The molecular formula is C13H16N2O2. The first-order valence-corrected chi connectivity index (χ1v) is 5.55. The molecule has 17 heavy (non-hydrogen) atoms. The van der Waals surface area contributed by atoms with E-state index in [1.54, 1.807) is 18.2 Å². The van der Waals surface area contributed by atoms with Crippen LogP contribution >= 0.6 is 0 Å². The Bertz CT molecular complexity index is 436. The van der Waals surface area contributed by atoms with Crippen molar-refractivity contribution in [2.75, 3.05) is 12.3 Å². The van der Waals surface area contributed by atoms with Gasteiger partial charge in [-0.15, -0.1) is 0 Å². The van der Waals surface area contributed by atoms with E-state index in [0.717, 1.165) is 12.0 Å². The van der Waals surface area contributed by atoms with Gasteiger partial charge in [0.05, 0.1) is 18.2 Å². The van der Waals surface area contributed by atoms with Crippen molar-refractivity contribution in [2.24, 2.45) is 0 Å². The molecule has 2 N–H and O–H groups in total. The van der Waals surface area contributed by atoms with Crippen LogP contribution < -0.4 is 5.73 Å². The van der Waals surface area contributed by atoms with Gasteiger partial charge in [-0.1, -0.05) is 0 Å². The minimum Gasteiger partial charge on any atom is -0.462 e. The summed E-state index contributed by atoms with van der Waals surface area (Å²) in [7, 11) is 0. The molecule has 1 aromatic rings. The Morgan fingerprint density at radius 3 is 2.88 bits per heavy atom. The Hall–Kier alpha value is -2.02. The molecule has 0 saturated heterocycles. The van der Waals surface area contributed by atoms with Gasteiger partial charge in [0.15, 0.2) is 0 Å². The summed E-state index contributed by atoms with van der Waals surface area (Å²) >= 11 is 0. The van der Waals surface area contributed by atoms with E-state index in [1.807, 2.05) is 13.0 Å². The molecule has 0 bridgehead atoms. The van der Waals surface area contributed by atoms with Gasteiger partial charge in [0, 0.05) is 12.1 Å². The average molecular weight is 232 g/mol. The molecule has 0 fully saturated rings. The highest BCUT2D eigenvalue weighted by atomic mass is 16.5. The number of aryl methyl sites for hydroxylation is 1. The number of nitrogen functional groups attached to an aromatic ring is 1. The van der Waals surface area contributed by atoms with Crippen LogP contribution in [0.2, 0.25) is 0 Å². The maximum atomic E-state index is 11.7. The van der Waals surface area contributed by atoms with Crippen molar-refractivity contribution in [1.82, 2.24) is 0 Å². The van der Waals surface area contributed by atoms with Gasteiger partial charge in [0.25, 0.3) is 0 Å². The first kappa shape index (κ1) is 13.0. The van der Waals surface area contributed by atoms with Gasteiger partial charge in [-0.05, 0) is 43.5 Å². The number of rotatable bonds is 5. The number of nitrogens with two attached hydrogens (primary N) is 1. The normalized spacial score (nSPS) is 9.65. The molecule has 1 rings (SSSR count). The van der Waals surface area contributed by atoms with E-state index in [-0.39, 0.29) is 5.97 Å². The van der Waals surface area contributed by atoms with Crippen molar-refractivity contribution in [3.05, 3.63) is 29.3 Å². The van der Waals surface area contributed by atoms with Crippen molar-refractivity contribution in [2.45, 2.75) is 26.2 Å². The van der Waals surface area contributed by atoms with Crippen LogP contribution in [0.25, 0.3) is 0 Å². The van der Waals surface area contributed by atoms with Crippen molar-refractivity contribution >= 4 is 11.7 Å². The molecule has 1 aromatic carbocycles. The molecule has 0 saturated carbocycles. The van der Waals surface area contributed by atoms with Crippen molar-refractivity contribution in [1.29, 1.82) is 5.26 Å². The average Bonchev–Trinajstić information content (AvgIpc) is 2.28. The Balaban J connectivity index is 2.45. The van der Waals surface area contributed by atoms with Crippen molar-refractivity contribution < 1.29 is 9.53 Å². The van der Waals surface area contributed by atoms with Crippen LogP contribution in [0, 0.1) is 18.3 Å². The highest BCUT2D eigenvalue weighted by molar-refractivity contribution is 5.91. The summed E-state index contributed by atoms with van der Waals surface area (Å²) in [6.45, 7) is 2.17. The number of esters is 1.